The van der Waals surface area contributed by atoms with E-state index in [4.69, 9.17) is 0 Å². The second-order valence-corrected chi connectivity index (χ2v) is 5.67. The Kier molecular flexibility index (Phi) is 3.35. The number of nitrogens with zero attached hydrogens (tertiary/aromatic N) is 2. The van der Waals surface area contributed by atoms with E-state index in [-0.39, 0.29) is 0 Å². The molecule has 1 aromatic heterocycles. The van der Waals surface area contributed by atoms with Crippen LogP contribution in [0.1, 0.15) is 5.56 Å². The molecule has 0 amide bonds. The van der Waals surface area contributed by atoms with Crippen LogP contribution in [0.15, 0.2) is 78.9 Å². The Bertz CT molecular complexity index is 958. The molecule has 0 saturated heterocycles. The van der Waals surface area contributed by atoms with Gasteiger partial charge in [-0.3, -0.25) is 0 Å². The SMILES string of the molecule is Cc1ccc(-c2nnc3ccccc3c2-c2ccccc2)cc1. The van der Waals surface area contributed by atoms with Gasteiger partial charge in [0.05, 0.1) is 5.52 Å². The number of aryl methyl sites for hydroxylation is 1. The van der Waals surface area contributed by atoms with Crippen LogP contribution in [0.3, 0.4) is 0 Å². The highest BCUT2D eigenvalue weighted by Crippen LogP contribution is 2.35. The highest BCUT2D eigenvalue weighted by Gasteiger charge is 2.14. The first kappa shape index (κ1) is 13.6. The summed E-state index contributed by atoms with van der Waals surface area (Å²) in [6, 6.07) is 27.0. The van der Waals surface area contributed by atoms with Crippen molar-refractivity contribution in [1.29, 1.82) is 0 Å². The van der Waals surface area contributed by atoms with Gasteiger partial charge in [-0.2, -0.15) is 0 Å². The quantitative estimate of drug-likeness (QED) is 0.503. The summed E-state index contributed by atoms with van der Waals surface area (Å²) < 4.78 is 0. The largest absolute Gasteiger partial charge is 0.150 e. The van der Waals surface area contributed by atoms with Gasteiger partial charge in [0.2, 0.25) is 0 Å². The first-order valence-corrected chi connectivity index (χ1v) is 7.71. The lowest BCUT2D eigenvalue weighted by atomic mass is 9.95. The van der Waals surface area contributed by atoms with Gasteiger partial charge < -0.3 is 0 Å². The van der Waals surface area contributed by atoms with Crippen LogP contribution in [-0.2, 0) is 0 Å². The second-order valence-electron chi connectivity index (χ2n) is 5.67. The second kappa shape index (κ2) is 5.65. The predicted octanol–water partition coefficient (Wildman–Crippen LogP) is 5.27. The third-order valence-electron chi connectivity index (χ3n) is 4.06. The van der Waals surface area contributed by atoms with Crippen molar-refractivity contribution in [3.8, 4) is 22.4 Å². The number of fused-ring (bicyclic) bond motifs is 1. The summed E-state index contributed by atoms with van der Waals surface area (Å²) in [4.78, 5) is 0. The van der Waals surface area contributed by atoms with Crippen molar-refractivity contribution in [3.05, 3.63) is 84.4 Å². The highest BCUT2D eigenvalue weighted by atomic mass is 15.1. The Balaban J connectivity index is 2.06. The third-order valence-corrected chi connectivity index (χ3v) is 4.06. The summed E-state index contributed by atoms with van der Waals surface area (Å²) in [7, 11) is 0. The van der Waals surface area contributed by atoms with Gasteiger partial charge in [0.15, 0.2) is 0 Å². The Morgan fingerprint density at radius 2 is 1.30 bits per heavy atom. The lowest BCUT2D eigenvalue weighted by Crippen LogP contribution is -1.95. The molecular formula is C21H16N2. The summed E-state index contributed by atoms with van der Waals surface area (Å²) in [5, 5.41) is 10.1. The monoisotopic (exact) mass is 296 g/mol. The molecule has 4 aromatic rings. The normalized spacial score (nSPS) is 10.8. The molecule has 0 aliphatic heterocycles. The summed E-state index contributed by atoms with van der Waals surface area (Å²) in [5.74, 6) is 0. The highest BCUT2D eigenvalue weighted by molar-refractivity contribution is 6.00. The van der Waals surface area contributed by atoms with Gasteiger partial charge in [-0.05, 0) is 18.6 Å². The van der Waals surface area contributed by atoms with Crippen molar-refractivity contribution in [1.82, 2.24) is 10.2 Å². The maximum atomic E-state index is 4.53. The molecule has 0 N–H and O–H groups in total. The van der Waals surface area contributed by atoms with Crippen LogP contribution in [0.2, 0.25) is 0 Å². The van der Waals surface area contributed by atoms with Gasteiger partial charge >= 0.3 is 0 Å². The molecule has 3 aromatic carbocycles. The van der Waals surface area contributed by atoms with Crippen molar-refractivity contribution in [2.45, 2.75) is 6.92 Å². The molecule has 1 heterocycles. The number of hydrogen-bond donors (Lipinski definition) is 0. The minimum atomic E-state index is 0.919. The molecule has 23 heavy (non-hydrogen) atoms. The van der Waals surface area contributed by atoms with E-state index in [9.17, 15) is 0 Å². The molecule has 0 fully saturated rings. The Hall–Kier alpha value is -3.00. The zero-order chi connectivity index (χ0) is 15.6. The minimum Gasteiger partial charge on any atom is -0.150 e. The Labute approximate surface area is 135 Å². The lowest BCUT2D eigenvalue weighted by Gasteiger charge is -2.12. The van der Waals surface area contributed by atoms with Crippen molar-refractivity contribution in [2.75, 3.05) is 0 Å². The van der Waals surface area contributed by atoms with E-state index in [1.54, 1.807) is 0 Å². The maximum Gasteiger partial charge on any atom is 0.101 e. The molecule has 0 spiro atoms. The molecule has 2 nitrogen and oxygen atoms in total. The molecule has 0 bridgehead atoms. The van der Waals surface area contributed by atoms with E-state index < -0.39 is 0 Å². The number of rotatable bonds is 2. The average Bonchev–Trinajstić information content (AvgIpc) is 2.62. The molecule has 0 unspecified atom stereocenters. The summed E-state index contributed by atoms with van der Waals surface area (Å²) in [6.07, 6.45) is 0. The van der Waals surface area contributed by atoms with Gasteiger partial charge in [-0.25, -0.2) is 0 Å². The van der Waals surface area contributed by atoms with E-state index in [0.29, 0.717) is 0 Å². The van der Waals surface area contributed by atoms with E-state index in [2.05, 4.69) is 77.8 Å². The Morgan fingerprint density at radius 1 is 0.609 bits per heavy atom. The average molecular weight is 296 g/mol. The van der Waals surface area contributed by atoms with E-state index in [0.717, 1.165) is 33.3 Å². The number of aromatic nitrogens is 2. The molecule has 110 valence electrons. The van der Waals surface area contributed by atoms with Crippen LogP contribution in [0, 0.1) is 6.92 Å². The molecule has 0 aliphatic carbocycles. The van der Waals surface area contributed by atoms with Crippen molar-refractivity contribution in [3.63, 3.8) is 0 Å². The summed E-state index contributed by atoms with van der Waals surface area (Å²) >= 11 is 0. The third kappa shape index (κ3) is 2.49. The maximum absolute atomic E-state index is 4.53. The van der Waals surface area contributed by atoms with Crippen molar-refractivity contribution < 1.29 is 0 Å². The van der Waals surface area contributed by atoms with E-state index in [1.807, 2.05) is 18.2 Å². The Morgan fingerprint density at radius 3 is 2.09 bits per heavy atom. The zero-order valence-electron chi connectivity index (χ0n) is 12.9. The summed E-state index contributed by atoms with van der Waals surface area (Å²) in [5.41, 5.74) is 6.47. The molecule has 2 heteroatoms. The van der Waals surface area contributed by atoms with Gasteiger partial charge in [0.25, 0.3) is 0 Å². The molecule has 0 radical (unpaired) electrons. The zero-order valence-corrected chi connectivity index (χ0v) is 12.9. The number of hydrogen-bond acceptors (Lipinski definition) is 2. The van der Waals surface area contributed by atoms with Crippen LogP contribution in [0.4, 0.5) is 0 Å². The molecule has 4 rings (SSSR count). The van der Waals surface area contributed by atoms with Gasteiger partial charge in [0, 0.05) is 16.5 Å². The molecule has 0 aliphatic rings. The fourth-order valence-electron chi connectivity index (χ4n) is 2.86. The smallest absolute Gasteiger partial charge is 0.101 e. The summed E-state index contributed by atoms with van der Waals surface area (Å²) in [6.45, 7) is 2.09. The van der Waals surface area contributed by atoms with Crippen LogP contribution < -0.4 is 0 Å². The standard InChI is InChI=1S/C21H16N2/c1-15-11-13-17(14-12-15)21-20(16-7-3-2-4-8-16)18-9-5-6-10-19(18)22-23-21/h2-14H,1H3. The van der Waals surface area contributed by atoms with Gasteiger partial charge in [0.1, 0.15) is 5.69 Å². The predicted molar refractivity (Wildman–Crippen MR) is 95.1 cm³/mol. The molecule has 0 saturated carbocycles. The topological polar surface area (TPSA) is 25.8 Å². The molecule has 0 atom stereocenters. The first-order valence-electron chi connectivity index (χ1n) is 7.71. The van der Waals surface area contributed by atoms with Gasteiger partial charge in [-0.15, -0.1) is 10.2 Å². The van der Waals surface area contributed by atoms with Crippen LogP contribution >= 0.6 is 0 Å². The molecular weight excluding hydrogens is 280 g/mol. The van der Waals surface area contributed by atoms with Crippen LogP contribution in [0.5, 0.6) is 0 Å². The minimum absolute atomic E-state index is 0.919. The fourth-order valence-corrected chi connectivity index (χ4v) is 2.86. The van der Waals surface area contributed by atoms with Gasteiger partial charge in [-0.1, -0.05) is 78.4 Å². The van der Waals surface area contributed by atoms with E-state index in [1.165, 1.54) is 5.56 Å². The van der Waals surface area contributed by atoms with Crippen LogP contribution in [-0.4, -0.2) is 10.2 Å². The lowest BCUT2D eigenvalue weighted by molar-refractivity contribution is 1.08. The van der Waals surface area contributed by atoms with Crippen molar-refractivity contribution >= 4 is 10.9 Å². The van der Waals surface area contributed by atoms with E-state index >= 15 is 0 Å². The fraction of sp³-hybridized carbons (Fsp3) is 0.0476. The van der Waals surface area contributed by atoms with Crippen molar-refractivity contribution in [2.24, 2.45) is 0 Å². The number of benzene rings is 3. The first-order chi connectivity index (χ1) is 11.3. The van der Waals surface area contributed by atoms with Crippen LogP contribution in [0.25, 0.3) is 33.3 Å².